The molecule has 1 N–H and O–H groups in total. The Labute approximate surface area is 115 Å². The highest BCUT2D eigenvalue weighted by Crippen LogP contribution is 2.35. The van der Waals surface area contributed by atoms with Crippen LogP contribution < -0.4 is 0 Å². The smallest absolute Gasteiger partial charge is 0.314 e. The summed E-state index contributed by atoms with van der Waals surface area (Å²) in [6.45, 7) is 5.07. The van der Waals surface area contributed by atoms with E-state index in [-0.39, 0.29) is 0 Å². The van der Waals surface area contributed by atoms with E-state index in [1.165, 1.54) is 12.8 Å². The summed E-state index contributed by atoms with van der Waals surface area (Å²) in [7, 11) is 0. The number of hydrogen-bond acceptors (Lipinski definition) is 2. The number of carboxylic acid groups (broad SMARTS) is 1. The Kier molecular flexibility index (Phi) is 4.59. The molecule has 3 nitrogen and oxygen atoms in total. The van der Waals surface area contributed by atoms with E-state index in [1.54, 1.807) is 0 Å². The van der Waals surface area contributed by atoms with Crippen LogP contribution in [0.1, 0.15) is 38.2 Å². The third-order valence-electron chi connectivity index (χ3n) is 4.27. The van der Waals surface area contributed by atoms with E-state index in [0.29, 0.717) is 0 Å². The predicted octanol–water partition coefficient (Wildman–Crippen LogP) is 2.90. The lowest BCUT2D eigenvalue weighted by molar-refractivity contribution is -0.146. The normalized spacial score (nSPS) is 19.2. The summed E-state index contributed by atoms with van der Waals surface area (Å²) < 4.78 is 0. The summed E-state index contributed by atoms with van der Waals surface area (Å²) in [5.41, 5.74) is 0.280. The SMILES string of the molecule is CCCCN1CCC(C(=O)O)(c2ccccc2)CC1. The Balaban J connectivity index is 2.10. The largest absolute Gasteiger partial charge is 0.481 e. The number of carbonyl (C=O) groups is 1. The molecule has 1 aliphatic rings. The van der Waals surface area contributed by atoms with Gasteiger partial charge in [-0.25, -0.2) is 0 Å². The molecule has 0 unspecified atom stereocenters. The van der Waals surface area contributed by atoms with E-state index in [2.05, 4.69) is 11.8 Å². The van der Waals surface area contributed by atoms with Gasteiger partial charge < -0.3 is 10.0 Å². The van der Waals surface area contributed by atoms with Gasteiger partial charge in [0.2, 0.25) is 0 Å². The molecule has 2 rings (SSSR count). The third kappa shape index (κ3) is 2.98. The number of carboxylic acids is 1. The van der Waals surface area contributed by atoms with Crippen LogP contribution in [0.4, 0.5) is 0 Å². The van der Waals surface area contributed by atoms with Crippen LogP contribution in [0.15, 0.2) is 30.3 Å². The highest BCUT2D eigenvalue weighted by Gasteiger charge is 2.42. The van der Waals surface area contributed by atoms with Crippen molar-refractivity contribution >= 4 is 5.97 Å². The first-order valence-electron chi connectivity index (χ1n) is 7.20. The minimum atomic E-state index is -0.677. The Hall–Kier alpha value is -1.35. The fourth-order valence-electron chi connectivity index (χ4n) is 2.92. The van der Waals surface area contributed by atoms with Gasteiger partial charge in [-0.2, -0.15) is 0 Å². The molecule has 1 heterocycles. The fourth-order valence-corrected chi connectivity index (χ4v) is 2.92. The molecule has 19 heavy (non-hydrogen) atoms. The van der Waals surface area contributed by atoms with E-state index in [1.807, 2.05) is 30.3 Å². The quantitative estimate of drug-likeness (QED) is 0.886. The second kappa shape index (κ2) is 6.20. The van der Waals surface area contributed by atoms with Gasteiger partial charge in [-0.05, 0) is 44.5 Å². The van der Waals surface area contributed by atoms with Crippen LogP contribution in [0.25, 0.3) is 0 Å². The van der Waals surface area contributed by atoms with Gasteiger partial charge in [-0.1, -0.05) is 43.7 Å². The van der Waals surface area contributed by atoms with Crippen molar-refractivity contribution in [3.8, 4) is 0 Å². The van der Waals surface area contributed by atoms with Crippen molar-refractivity contribution in [3.05, 3.63) is 35.9 Å². The molecule has 0 radical (unpaired) electrons. The first-order valence-corrected chi connectivity index (χ1v) is 7.20. The summed E-state index contributed by atoms with van der Waals surface area (Å²) in [4.78, 5) is 14.2. The molecule has 0 amide bonds. The van der Waals surface area contributed by atoms with Crippen molar-refractivity contribution in [2.45, 2.75) is 38.0 Å². The molecule has 1 saturated heterocycles. The van der Waals surface area contributed by atoms with Crippen molar-refractivity contribution in [2.75, 3.05) is 19.6 Å². The number of rotatable bonds is 5. The van der Waals surface area contributed by atoms with Crippen LogP contribution in [-0.2, 0) is 10.2 Å². The lowest BCUT2D eigenvalue weighted by Crippen LogP contribution is -2.47. The second-order valence-corrected chi connectivity index (χ2v) is 5.45. The molecule has 1 aliphatic heterocycles. The molecule has 0 bridgehead atoms. The standard InChI is InChI=1S/C16H23NO2/c1-2-3-11-17-12-9-16(10-13-17,15(18)19)14-7-5-4-6-8-14/h4-8H,2-3,9-13H2,1H3,(H,18,19). The van der Waals surface area contributed by atoms with Crippen LogP contribution >= 0.6 is 0 Å². The Morgan fingerprint density at radius 2 is 1.89 bits per heavy atom. The first kappa shape index (κ1) is 14.1. The third-order valence-corrected chi connectivity index (χ3v) is 4.27. The van der Waals surface area contributed by atoms with E-state index in [9.17, 15) is 9.90 Å². The van der Waals surface area contributed by atoms with Crippen LogP contribution in [-0.4, -0.2) is 35.6 Å². The van der Waals surface area contributed by atoms with Crippen molar-refractivity contribution in [1.82, 2.24) is 4.90 Å². The molecular formula is C16H23NO2. The predicted molar refractivity (Wildman–Crippen MR) is 76.3 cm³/mol. The average molecular weight is 261 g/mol. The monoisotopic (exact) mass is 261 g/mol. The maximum atomic E-state index is 11.8. The van der Waals surface area contributed by atoms with Crippen molar-refractivity contribution < 1.29 is 9.90 Å². The lowest BCUT2D eigenvalue weighted by atomic mass is 9.73. The van der Waals surface area contributed by atoms with E-state index >= 15 is 0 Å². The van der Waals surface area contributed by atoms with Crippen LogP contribution in [0.2, 0.25) is 0 Å². The Morgan fingerprint density at radius 3 is 2.42 bits per heavy atom. The van der Waals surface area contributed by atoms with Gasteiger partial charge >= 0.3 is 5.97 Å². The zero-order valence-electron chi connectivity index (χ0n) is 11.6. The van der Waals surface area contributed by atoms with E-state index < -0.39 is 11.4 Å². The van der Waals surface area contributed by atoms with Crippen LogP contribution in [0.3, 0.4) is 0 Å². The number of piperidine rings is 1. The highest BCUT2D eigenvalue weighted by atomic mass is 16.4. The van der Waals surface area contributed by atoms with Gasteiger partial charge in [0.15, 0.2) is 0 Å². The summed E-state index contributed by atoms with van der Waals surface area (Å²) in [5, 5.41) is 9.69. The maximum absolute atomic E-state index is 11.8. The number of benzene rings is 1. The van der Waals surface area contributed by atoms with Gasteiger partial charge in [0.05, 0.1) is 5.41 Å². The topological polar surface area (TPSA) is 40.5 Å². The summed E-state index contributed by atoms with van der Waals surface area (Å²) in [5.74, 6) is -0.672. The number of likely N-dealkylation sites (tertiary alicyclic amines) is 1. The van der Waals surface area contributed by atoms with Gasteiger partial charge in [-0.3, -0.25) is 4.79 Å². The summed E-state index contributed by atoms with van der Waals surface area (Å²) >= 11 is 0. The minimum absolute atomic E-state index is 0.672. The van der Waals surface area contributed by atoms with Gasteiger partial charge in [0.25, 0.3) is 0 Å². The Bertz CT molecular complexity index is 408. The van der Waals surface area contributed by atoms with E-state index in [4.69, 9.17) is 0 Å². The van der Waals surface area contributed by atoms with Gasteiger partial charge in [-0.15, -0.1) is 0 Å². The van der Waals surface area contributed by atoms with Crippen molar-refractivity contribution in [3.63, 3.8) is 0 Å². The number of aliphatic carboxylic acids is 1. The average Bonchev–Trinajstić information content (AvgIpc) is 2.46. The number of nitrogens with zero attached hydrogens (tertiary/aromatic N) is 1. The number of hydrogen-bond donors (Lipinski definition) is 1. The second-order valence-electron chi connectivity index (χ2n) is 5.45. The molecule has 0 saturated carbocycles. The molecule has 1 aromatic carbocycles. The minimum Gasteiger partial charge on any atom is -0.481 e. The molecule has 0 aliphatic carbocycles. The highest BCUT2D eigenvalue weighted by molar-refractivity contribution is 5.81. The Morgan fingerprint density at radius 1 is 1.26 bits per heavy atom. The van der Waals surface area contributed by atoms with Gasteiger partial charge in [0.1, 0.15) is 0 Å². The number of unbranched alkanes of at least 4 members (excludes halogenated alkanes) is 1. The maximum Gasteiger partial charge on any atom is 0.314 e. The van der Waals surface area contributed by atoms with Crippen molar-refractivity contribution in [2.24, 2.45) is 0 Å². The van der Waals surface area contributed by atoms with Crippen LogP contribution in [0, 0.1) is 0 Å². The molecule has 0 aromatic heterocycles. The molecule has 0 spiro atoms. The lowest BCUT2D eigenvalue weighted by Gasteiger charge is -2.39. The molecule has 0 atom stereocenters. The zero-order chi connectivity index (χ0) is 13.7. The van der Waals surface area contributed by atoms with Gasteiger partial charge in [0, 0.05) is 0 Å². The first-order chi connectivity index (χ1) is 9.19. The summed E-state index contributed by atoms with van der Waals surface area (Å²) in [6, 6.07) is 9.72. The van der Waals surface area contributed by atoms with E-state index in [0.717, 1.165) is 38.0 Å². The zero-order valence-corrected chi connectivity index (χ0v) is 11.6. The molecule has 3 heteroatoms. The van der Waals surface area contributed by atoms with Crippen molar-refractivity contribution in [1.29, 1.82) is 0 Å². The summed E-state index contributed by atoms with van der Waals surface area (Å²) in [6.07, 6.45) is 3.83. The van der Waals surface area contributed by atoms with Crippen LogP contribution in [0.5, 0.6) is 0 Å². The molecule has 104 valence electrons. The molecule has 1 fully saturated rings. The fraction of sp³-hybridized carbons (Fsp3) is 0.562. The molecular weight excluding hydrogens is 238 g/mol. The molecule has 1 aromatic rings.